The minimum Gasteiger partial charge on any atom is -0.462 e. The van der Waals surface area contributed by atoms with Crippen LogP contribution >= 0.6 is 0 Å². The summed E-state index contributed by atoms with van der Waals surface area (Å²) in [7, 11) is 0. The predicted molar refractivity (Wildman–Crippen MR) is 142 cm³/mol. The van der Waals surface area contributed by atoms with E-state index >= 15 is 0 Å². The molecule has 0 heterocycles. The molecule has 0 spiro atoms. The summed E-state index contributed by atoms with van der Waals surface area (Å²) in [5.74, 6) is -5.80. The molecule has 12 nitrogen and oxygen atoms in total. The van der Waals surface area contributed by atoms with Crippen LogP contribution in [0.3, 0.4) is 0 Å². The van der Waals surface area contributed by atoms with Crippen molar-refractivity contribution in [3.05, 3.63) is 25.3 Å². The largest absolute Gasteiger partial charge is 0.462 e. The number of rotatable bonds is 17. The standard InChI is InChI=1S/C28H42O12/c1-11-19(29)35-15-14-26(5,6)39-22(32)21(31)27(7,8)38-16-13-25(3,4)28(9,10)40-24(34)23(33)37-18-17-36-20(30)12-2/h11-12H,1-2,13-18H2,3-10H3. The molecule has 0 aromatic rings. The van der Waals surface area contributed by atoms with Crippen molar-refractivity contribution in [2.24, 2.45) is 5.41 Å². The van der Waals surface area contributed by atoms with Gasteiger partial charge >= 0.3 is 29.8 Å². The van der Waals surface area contributed by atoms with Crippen LogP contribution in [0, 0.1) is 5.41 Å². The van der Waals surface area contributed by atoms with Crippen molar-refractivity contribution in [3.8, 4) is 0 Å². The lowest BCUT2D eigenvalue weighted by atomic mass is 9.74. The van der Waals surface area contributed by atoms with Crippen LogP contribution in [0.4, 0.5) is 0 Å². The zero-order chi connectivity index (χ0) is 31.4. The molecule has 0 rings (SSSR count). The van der Waals surface area contributed by atoms with E-state index in [1.165, 1.54) is 13.8 Å². The van der Waals surface area contributed by atoms with Gasteiger partial charge in [-0.25, -0.2) is 24.0 Å². The highest BCUT2D eigenvalue weighted by Gasteiger charge is 2.43. The van der Waals surface area contributed by atoms with Gasteiger partial charge in [0.2, 0.25) is 0 Å². The van der Waals surface area contributed by atoms with Gasteiger partial charge in [0.1, 0.15) is 30.0 Å². The SMILES string of the molecule is C=CC(=O)OCCOC(=O)C(=O)OC(C)(C)C(C)(C)CCOC(C)(C)C(=O)C(=O)OC(C)(C)CCOC(=O)C=C. The van der Waals surface area contributed by atoms with E-state index in [1.807, 2.05) is 0 Å². The van der Waals surface area contributed by atoms with Gasteiger partial charge in [0.15, 0.2) is 0 Å². The average Bonchev–Trinajstić information content (AvgIpc) is 2.84. The van der Waals surface area contributed by atoms with Crippen molar-refractivity contribution in [2.75, 3.05) is 26.4 Å². The summed E-state index contributed by atoms with van der Waals surface area (Å²) in [6.45, 7) is 18.7. The van der Waals surface area contributed by atoms with Crippen LogP contribution in [0.25, 0.3) is 0 Å². The number of Topliss-reactive ketones (excluding diaryl/α,β-unsaturated/α-hetero) is 1. The fraction of sp³-hybridized carbons (Fsp3) is 0.643. The van der Waals surface area contributed by atoms with E-state index in [4.69, 9.17) is 23.7 Å². The second-order valence-corrected chi connectivity index (χ2v) is 11.0. The highest BCUT2D eigenvalue weighted by molar-refractivity contribution is 6.36. The minimum atomic E-state index is -1.53. The van der Waals surface area contributed by atoms with E-state index in [2.05, 4.69) is 17.9 Å². The highest BCUT2D eigenvalue weighted by atomic mass is 16.6. The molecule has 0 aliphatic carbocycles. The van der Waals surface area contributed by atoms with Gasteiger partial charge in [-0.2, -0.15) is 0 Å². The molecule has 226 valence electrons. The first-order valence-electron chi connectivity index (χ1n) is 12.6. The quantitative estimate of drug-likeness (QED) is 0.0829. The summed E-state index contributed by atoms with van der Waals surface area (Å²) in [4.78, 5) is 71.6. The molecular formula is C28H42O12. The first-order valence-corrected chi connectivity index (χ1v) is 12.6. The van der Waals surface area contributed by atoms with E-state index in [-0.39, 0.29) is 39.3 Å². The van der Waals surface area contributed by atoms with Crippen LogP contribution < -0.4 is 0 Å². The molecule has 0 unspecified atom stereocenters. The van der Waals surface area contributed by atoms with Crippen LogP contribution in [0.5, 0.6) is 0 Å². The molecule has 0 atom stereocenters. The Morgan fingerprint density at radius 2 is 1.10 bits per heavy atom. The van der Waals surface area contributed by atoms with Gasteiger partial charge in [0.05, 0.1) is 6.61 Å². The van der Waals surface area contributed by atoms with Crippen LogP contribution in [-0.4, -0.2) is 78.9 Å². The third kappa shape index (κ3) is 12.5. The Labute approximate surface area is 235 Å². The van der Waals surface area contributed by atoms with Crippen molar-refractivity contribution in [2.45, 2.75) is 85.0 Å². The Morgan fingerprint density at radius 3 is 1.62 bits per heavy atom. The topological polar surface area (TPSA) is 158 Å². The molecule has 0 aromatic heterocycles. The van der Waals surface area contributed by atoms with Crippen LogP contribution in [0.15, 0.2) is 25.3 Å². The number of carbonyl (C=O) groups is 6. The van der Waals surface area contributed by atoms with Crippen molar-refractivity contribution in [3.63, 3.8) is 0 Å². The Bertz CT molecular complexity index is 972. The number of esters is 5. The van der Waals surface area contributed by atoms with Gasteiger partial charge in [-0.1, -0.05) is 27.0 Å². The van der Waals surface area contributed by atoms with Crippen molar-refractivity contribution in [1.82, 2.24) is 0 Å². The number of hydrogen-bond acceptors (Lipinski definition) is 12. The van der Waals surface area contributed by atoms with Gasteiger partial charge in [-0.15, -0.1) is 0 Å². The normalized spacial score (nSPS) is 12.0. The molecule has 0 saturated heterocycles. The number of ether oxygens (including phenoxy) is 6. The second-order valence-electron chi connectivity index (χ2n) is 11.0. The number of ketones is 1. The molecule has 0 N–H and O–H groups in total. The molecule has 40 heavy (non-hydrogen) atoms. The Balaban J connectivity index is 4.90. The lowest BCUT2D eigenvalue weighted by molar-refractivity contribution is -0.186. The van der Waals surface area contributed by atoms with Crippen LogP contribution in [0.1, 0.15) is 68.2 Å². The molecule has 0 amide bonds. The minimum absolute atomic E-state index is 0.0000154. The fourth-order valence-corrected chi connectivity index (χ4v) is 2.78. The van der Waals surface area contributed by atoms with Crippen molar-refractivity contribution < 1.29 is 57.2 Å². The maximum absolute atomic E-state index is 12.8. The smallest absolute Gasteiger partial charge is 0.418 e. The zero-order valence-corrected chi connectivity index (χ0v) is 24.7. The summed E-state index contributed by atoms with van der Waals surface area (Å²) in [6, 6.07) is 0. The summed E-state index contributed by atoms with van der Waals surface area (Å²) in [5.41, 5.74) is -4.55. The Morgan fingerprint density at radius 1 is 0.600 bits per heavy atom. The van der Waals surface area contributed by atoms with E-state index in [9.17, 15) is 28.8 Å². The molecule has 0 radical (unpaired) electrons. The van der Waals surface area contributed by atoms with E-state index < -0.39 is 57.8 Å². The molecular weight excluding hydrogens is 528 g/mol. The van der Waals surface area contributed by atoms with Gasteiger partial charge in [0.25, 0.3) is 5.78 Å². The second kappa shape index (κ2) is 15.3. The molecule has 0 saturated carbocycles. The van der Waals surface area contributed by atoms with Gasteiger partial charge in [-0.3, -0.25) is 4.79 Å². The van der Waals surface area contributed by atoms with Crippen LogP contribution in [-0.2, 0) is 57.2 Å². The van der Waals surface area contributed by atoms with E-state index in [0.29, 0.717) is 0 Å². The Kier molecular flexibility index (Phi) is 13.9. The predicted octanol–water partition coefficient (Wildman–Crippen LogP) is 2.80. The molecule has 0 fully saturated rings. The molecule has 0 aromatic carbocycles. The first kappa shape index (κ1) is 36.5. The summed E-state index contributed by atoms with van der Waals surface area (Å²) in [5, 5.41) is 0. The monoisotopic (exact) mass is 570 g/mol. The average molecular weight is 571 g/mol. The van der Waals surface area contributed by atoms with E-state index in [0.717, 1.165) is 12.2 Å². The maximum Gasteiger partial charge on any atom is 0.418 e. The third-order valence-electron chi connectivity index (χ3n) is 6.28. The third-order valence-corrected chi connectivity index (χ3v) is 6.28. The van der Waals surface area contributed by atoms with Crippen molar-refractivity contribution in [1.29, 1.82) is 0 Å². The maximum atomic E-state index is 12.8. The number of hydrogen-bond donors (Lipinski definition) is 0. The van der Waals surface area contributed by atoms with Crippen LogP contribution in [0.2, 0.25) is 0 Å². The highest BCUT2D eigenvalue weighted by Crippen LogP contribution is 2.37. The van der Waals surface area contributed by atoms with Gasteiger partial charge < -0.3 is 28.4 Å². The van der Waals surface area contributed by atoms with E-state index in [1.54, 1.807) is 41.5 Å². The summed E-state index contributed by atoms with van der Waals surface area (Å²) in [6.07, 6.45) is 2.39. The first-order chi connectivity index (χ1) is 18.2. The zero-order valence-electron chi connectivity index (χ0n) is 24.7. The molecule has 0 aliphatic heterocycles. The summed E-state index contributed by atoms with van der Waals surface area (Å²) < 4.78 is 30.7. The molecule has 12 heteroatoms. The molecule has 0 bridgehead atoms. The lowest BCUT2D eigenvalue weighted by Gasteiger charge is -2.41. The van der Waals surface area contributed by atoms with Gasteiger partial charge in [0, 0.05) is 30.6 Å². The van der Waals surface area contributed by atoms with Crippen molar-refractivity contribution >= 4 is 35.6 Å². The molecule has 0 aliphatic rings. The lowest BCUT2D eigenvalue weighted by Crippen LogP contribution is -2.47. The van der Waals surface area contributed by atoms with Gasteiger partial charge in [-0.05, 0) is 48.0 Å². The fourth-order valence-electron chi connectivity index (χ4n) is 2.78. The number of carbonyl (C=O) groups excluding carboxylic acids is 6. The summed E-state index contributed by atoms with van der Waals surface area (Å²) >= 11 is 0. The Hall–Kier alpha value is -3.54.